The fraction of sp³-hybridized carbons (Fsp3) is 0.0278. The molecule has 61 heavy (non-hydrogen) atoms. The van der Waals surface area contributed by atoms with Gasteiger partial charge in [-0.2, -0.15) is 8.96 Å². The summed E-state index contributed by atoms with van der Waals surface area (Å²) in [4.78, 5) is 15.2. The van der Waals surface area contributed by atoms with Crippen molar-refractivity contribution in [1.82, 2.24) is 4.98 Å². The second kappa shape index (κ2) is 16.8. The van der Waals surface area contributed by atoms with Crippen LogP contribution in [0.3, 0.4) is 0 Å². The monoisotopic (exact) mass is 896 g/mol. The third kappa shape index (κ3) is 7.27. The molecule has 0 unspecified atom stereocenters. The number of carbonyl (C=O) groups is 1. The predicted octanol–water partition coefficient (Wildman–Crippen LogP) is 7.24. The van der Waals surface area contributed by atoms with E-state index in [0.717, 1.165) is 0 Å². The van der Waals surface area contributed by atoms with E-state index in [4.69, 9.17) is 0 Å². The van der Waals surface area contributed by atoms with Crippen molar-refractivity contribution >= 4 is 33.8 Å². The number of benzene rings is 5. The van der Waals surface area contributed by atoms with Crippen LogP contribution in [-0.2, 0) is 6.54 Å². The molecule has 0 amide bonds. The minimum absolute atomic E-state index is 0.0591. The van der Waals surface area contributed by atoms with Gasteiger partial charge in [0.1, 0.15) is 52.7 Å². The van der Waals surface area contributed by atoms with Gasteiger partial charge in [-0.25, -0.2) is 92.8 Å². The molecule has 0 bridgehead atoms. The van der Waals surface area contributed by atoms with E-state index in [1.165, 1.54) is 17.0 Å². The number of carbonyl (C=O) groups excluding carboxylic acids is 1. The highest BCUT2D eigenvalue weighted by atomic mass is 19.2. The Bertz CT molecular complexity index is 2390. The second-order valence-corrected chi connectivity index (χ2v) is 12.1. The van der Waals surface area contributed by atoms with Gasteiger partial charge in [0.05, 0.1) is 6.20 Å². The number of hydrogen-bond donors (Lipinski definition) is 0. The molecule has 1 heterocycles. The highest BCUT2D eigenvalue weighted by Crippen LogP contribution is 2.30. The number of hydrogen-bond acceptors (Lipinski definition) is 2. The van der Waals surface area contributed by atoms with Crippen molar-refractivity contribution in [2.45, 2.75) is 6.54 Å². The Balaban J connectivity index is 0.000000366. The zero-order valence-corrected chi connectivity index (χ0v) is 28.6. The summed E-state index contributed by atoms with van der Waals surface area (Å²) in [5.74, 6) is -72.1. The molecule has 3 nitrogen and oxygen atoms in total. The standard InChI is InChI=1S/C24BF20.C12H10FN2O/c26-5-1(6(27)14(35)21(42)13(5)34)25(2-7(28)15(36)22(43)16(37)8(2)29,3-9(30)17(38)23(44)18(39)10(3)31)4-11(32)19(40)24(45)20(41)12(4)33;13-12-9-15(7-6-14-12)8-11(16)10-4-2-1-3-5-10/h;1-7,9H,8H2/q-1;+1. The van der Waals surface area contributed by atoms with Gasteiger partial charge in [0.2, 0.25) is 18.5 Å². The molecular formula is C36H10BF21N2O. The summed E-state index contributed by atoms with van der Waals surface area (Å²) in [6.07, 6.45) is -3.14. The maximum absolute atomic E-state index is 15.4. The van der Waals surface area contributed by atoms with E-state index < -0.39 is 150 Å². The Labute approximate surface area is 323 Å². The lowest BCUT2D eigenvalue weighted by molar-refractivity contribution is -0.685. The Morgan fingerprint density at radius 1 is 0.410 bits per heavy atom. The number of halogens is 21. The lowest BCUT2D eigenvalue weighted by Crippen LogP contribution is -2.81. The second-order valence-electron chi connectivity index (χ2n) is 12.1. The molecule has 6 aromatic rings. The molecule has 0 N–H and O–H groups in total. The Hall–Kier alpha value is -6.56. The number of Topliss-reactive ketones (excluding diaryl/α,β-unsaturated/α-hetero) is 1. The summed E-state index contributed by atoms with van der Waals surface area (Å²) in [6.45, 7) is 0.115. The molecule has 0 aliphatic rings. The fourth-order valence-corrected chi connectivity index (χ4v) is 6.26. The molecule has 0 aliphatic heterocycles. The molecule has 0 fully saturated rings. The predicted molar refractivity (Wildman–Crippen MR) is 164 cm³/mol. The summed E-state index contributed by atoms with van der Waals surface area (Å²) in [6, 6.07) is 8.91. The van der Waals surface area contributed by atoms with Crippen molar-refractivity contribution in [3.8, 4) is 0 Å². The van der Waals surface area contributed by atoms with Crippen molar-refractivity contribution in [1.29, 1.82) is 0 Å². The van der Waals surface area contributed by atoms with Crippen LogP contribution in [0.1, 0.15) is 10.4 Å². The highest BCUT2D eigenvalue weighted by Gasteiger charge is 2.52. The fourth-order valence-electron chi connectivity index (χ4n) is 6.26. The molecule has 0 saturated carbocycles. The minimum Gasteiger partial charge on any atom is -0.287 e. The molecule has 0 spiro atoms. The van der Waals surface area contributed by atoms with Crippen LogP contribution < -0.4 is 26.4 Å². The number of nitrogens with zero attached hydrogens (tertiary/aromatic N) is 2. The van der Waals surface area contributed by atoms with Crippen LogP contribution in [-0.4, -0.2) is 16.9 Å². The van der Waals surface area contributed by atoms with Crippen molar-refractivity contribution < 1.29 is 102 Å². The normalized spacial score (nSPS) is 11.5. The zero-order valence-electron chi connectivity index (χ0n) is 28.6. The molecule has 1 aromatic heterocycles. The summed E-state index contributed by atoms with van der Waals surface area (Å²) in [5.41, 5.74) is -13.7. The lowest BCUT2D eigenvalue weighted by atomic mass is 9.12. The van der Waals surface area contributed by atoms with Crippen LogP contribution in [0.5, 0.6) is 0 Å². The van der Waals surface area contributed by atoms with Crippen LogP contribution >= 0.6 is 0 Å². The van der Waals surface area contributed by atoms with Gasteiger partial charge in [-0.05, 0) is 0 Å². The third-order valence-electron chi connectivity index (χ3n) is 8.86. The first-order valence-electron chi connectivity index (χ1n) is 15.8. The van der Waals surface area contributed by atoms with Crippen molar-refractivity contribution in [2.75, 3.05) is 0 Å². The zero-order chi connectivity index (χ0) is 45.7. The first-order chi connectivity index (χ1) is 28.5. The number of aromatic nitrogens is 2. The van der Waals surface area contributed by atoms with E-state index >= 15 is 35.1 Å². The molecule has 25 heteroatoms. The molecule has 0 radical (unpaired) electrons. The van der Waals surface area contributed by atoms with Gasteiger partial charge < -0.3 is 0 Å². The van der Waals surface area contributed by atoms with E-state index in [-0.39, 0.29) is 12.3 Å². The van der Waals surface area contributed by atoms with E-state index in [9.17, 15) is 61.9 Å². The summed E-state index contributed by atoms with van der Waals surface area (Å²) in [5, 5.41) is 0. The van der Waals surface area contributed by atoms with Gasteiger partial charge in [0.25, 0.3) is 5.95 Å². The van der Waals surface area contributed by atoms with Crippen molar-refractivity contribution in [3.63, 3.8) is 0 Å². The Morgan fingerprint density at radius 2 is 0.672 bits per heavy atom. The summed E-state index contributed by atoms with van der Waals surface area (Å²) < 4.78 is 308. The number of rotatable bonds is 7. The average molecular weight is 896 g/mol. The Morgan fingerprint density at radius 3 is 0.934 bits per heavy atom. The van der Waals surface area contributed by atoms with E-state index in [0.29, 0.717) is 5.56 Å². The van der Waals surface area contributed by atoms with Crippen LogP contribution in [0, 0.1) is 122 Å². The molecule has 320 valence electrons. The summed E-state index contributed by atoms with van der Waals surface area (Å²) >= 11 is 0. The SMILES string of the molecule is Fc1c(F)c(F)c([B-](c2c(F)c(F)c(F)c(F)c2F)(c2c(F)c(F)c(F)c(F)c2F)c2c(F)c(F)c(F)c(F)c2F)c(F)c1F.O=C(C[n+]1ccnc(F)c1)c1ccccc1. The molecule has 0 atom stereocenters. The van der Waals surface area contributed by atoms with Crippen LogP contribution in [0.25, 0.3) is 0 Å². The first-order valence-corrected chi connectivity index (χ1v) is 15.8. The Kier molecular flexibility index (Phi) is 12.6. The van der Waals surface area contributed by atoms with Gasteiger partial charge in [-0.1, -0.05) is 30.3 Å². The van der Waals surface area contributed by atoms with Gasteiger partial charge >= 0.3 is 0 Å². The largest absolute Gasteiger partial charge is 0.287 e. The van der Waals surface area contributed by atoms with Gasteiger partial charge in [-0.15, -0.1) is 21.9 Å². The minimum atomic E-state index is -7.22. The lowest BCUT2D eigenvalue weighted by Gasteiger charge is -2.44. The van der Waals surface area contributed by atoms with Crippen LogP contribution in [0.15, 0.2) is 48.9 Å². The maximum Gasteiger partial charge on any atom is 0.277 e. The van der Waals surface area contributed by atoms with Gasteiger partial charge in [0, 0.05) is 5.56 Å². The van der Waals surface area contributed by atoms with E-state index in [2.05, 4.69) is 4.98 Å². The first kappa shape index (κ1) is 45.5. The van der Waals surface area contributed by atoms with E-state index in [1.54, 1.807) is 30.5 Å². The van der Waals surface area contributed by atoms with Crippen LogP contribution in [0.2, 0.25) is 0 Å². The topological polar surface area (TPSA) is 33.8 Å². The van der Waals surface area contributed by atoms with Crippen molar-refractivity contribution in [2.24, 2.45) is 0 Å². The van der Waals surface area contributed by atoms with Crippen LogP contribution in [0.4, 0.5) is 92.2 Å². The van der Waals surface area contributed by atoms with E-state index in [1.807, 2.05) is 6.07 Å². The molecule has 5 aromatic carbocycles. The summed E-state index contributed by atoms with van der Waals surface area (Å²) in [7, 11) is 0. The van der Waals surface area contributed by atoms with Crippen molar-refractivity contribution in [3.05, 3.63) is 177 Å². The third-order valence-corrected chi connectivity index (χ3v) is 8.86. The average Bonchev–Trinajstić information content (AvgIpc) is 3.24. The molecule has 0 saturated heterocycles. The maximum atomic E-state index is 15.4. The quantitative estimate of drug-likeness (QED) is 0.0424. The highest BCUT2D eigenvalue weighted by molar-refractivity contribution is 7.20. The molecule has 0 aliphatic carbocycles. The molecule has 6 rings (SSSR count). The van der Waals surface area contributed by atoms with Gasteiger partial charge in [-0.3, -0.25) is 4.79 Å². The smallest absolute Gasteiger partial charge is 0.277 e. The molecular weight excluding hydrogens is 886 g/mol. The number of ketones is 1. The van der Waals surface area contributed by atoms with Gasteiger partial charge in [0.15, 0.2) is 76.0 Å².